The normalized spacial score (nSPS) is 13.1. The lowest BCUT2D eigenvalue weighted by atomic mass is 10.3. The fourth-order valence-corrected chi connectivity index (χ4v) is 1.17. The monoisotopic (exact) mass is 273 g/mol. The van der Waals surface area contributed by atoms with Gasteiger partial charge in [0.1, 0.15) is 0 Å². The number of hydrogen-bond acceptors (Lipinski definition) is 4. The lowest BCUT2D eigenvalue weighted by molar-refractivity contribution is -0.131. The quantitative estimate of drug-likeness (QED) is 0.704. The minimum Gasteiger partial charge on any atom is -0.341 e. The van der Waals surface area contributed by atoms with Crippen LogP contribution in [0.15, 0.2) is 0 Å². The van der Waals surface area contributed by atoms with Gasteiger partial charge in [0, 0.05) is 26.7 Å². The van der Waals surface area contributed by atoms with Gasteiger partial charge >= 0.3 is 0 Å². The topological polar surface area (TPSA) is 83.7 Å². The molecule has 6 nitrogen and oxygen atoms in total. The maximum Gasteiger partial charge on any atom is 0.237 e. The van der Waals surface area contributed by atoms with E-state index in [1.807, 2.05) is 0 Å². The molecule has 0 aromatic heterocycles. The van der Waals surface area contributed by atoms with Crippen LogP contribution in [-0.2, 0) is 14.8 Å². The molecule has 0 aromatic rings. The van der Waals surface area contributed by atoms with Gasteiger partial charge in [-0.05, 0) is 6.92 Å². The molecular weight excluding hydrogens is 254 g/mol. The van der Waals surface area contributed by atoms with Crippen LogP contribution in [0, 0.1) is 0 Å². The van der Waals surface area contributed by atoms with Crippen molar-refractivity contribution in [2.75, 3.05) is 33.4 Å². The first kappa shape index (κ1) is 18.0. The number of rotatable bonds is 5. The first-order valence-corrected chi connectivity index (χ1v) is 6.42. The summed E-state index contributed by atoms with van der Waals surface area (Å²) >= 11 is 0. The maximum absolute atomic E-state index is 11.6. The van der Waals surface area contributed by atoms with Gasteiger partial charge in [-0.3, -0.25) is 4.79 Å². The second kappa shape index (κ2) is 7.05. The van der Waals surface area contributed by atoms with Crippen LogP contribution >= 0.6 is 12.4 Å². The van der Waals surface area contributed by atoms with Gasteiger partial charge in [-0.25, -0.2) is 8.42 Å². The zero-order valence-electron chi connectivity index (χ0n) is 10.0. The number of carbonyl (C=O) groups is 1. The summed E-state index contributed by atoms with van der Waals surface area (Å²) in [4.78, 5) is 13.0. The van der Waals surface area contributed by atoms with Crippen LogP contribution in [0.4, 0.5) is 0 Å². The Bertz CT molecular complexity index is 320. The highest BCUT2D eigenvalue weighted by atomic mass is 35.5. The molecular formula is C8H20ClN3O3S. The van der Waals surface area contributed by atoms with Gasteiger partial charge in [-0.1, -0.05) is 0 Å². The van der Waals surface area contributed by atoms with Crippen LogP contribution in [0.5, 0.6) is 0 Å². The molecule has 1 atom stereocenters. The SMILES string of the molecule is CC(CN)N(C)C(=O)CN(C)S(C)(=O)=O.Cl. The highest BCUT2D eigenvalue weighted by molar-refractivity contribution is 7.88. The summed E-state index contributed by atoms with van der Waals surface area (Å²) in [5.74, 6) is -0.263. The van der Waals surface area contributed by atoms with Crippen LogP contribution in [0.25, 0.3) is 0 Å². The Morgan fingerprint density at radius 1 is 1.38 bits per heavy atom. The first-order valence-electron chi connectivity index (χ1n) is 4.57. The van der Waals surface area contributed by atoms with Gasteiger partial charge < -0.3 is 10.6 Å². The molecule has 16 heavy (non-hydrogen) atoms. The summed E-state index contributed by atoms with van der Waals surface area (Å²) < 4.78 is 23.1. The van der Waals surface area contributed by atoms with E-state index in [9.17, 15) is 13.2 Å². The molecule has 0 saturated carbocycles. The average molecular weight is 274 g/mol. The minimum atomic E-state index is -3.31. The Hall–Kier alpha value is -0.370. The minimum absolute atomic E-state index is 0. The van der Waals surface area contributed by atoms with E-state index >= 15 is 0 Å². The summed E-state index contributed by atoms with van der Waals surface area (Å²) in [6.07, 6.45) is 1.06. The predicted octanol–water partition coefficient (Wildman–Crippen LogP) is -0.895. The number of nitrogens with zero attached hydrogens (tertiary/aromatic N) is 2. The number of amides is 1. The van der Waals surface area contributed by atoms with Crippen LogP contribution < -0.4 is 5.73 Å². The summed E-state index contributed by atoms with van der Waals surface area (Å²) in [5, 5.41) is 0. The van der Waals surface area contributed by atoms with Crippen LogP contribution in [0.3, 0.4) is 0 Å². The van der Waals surface area contributed by atoms with E-state index in [1.165, 1.54) is 11.9 Å². The summed E-state index contributed by atoms with van der Waals surface area (Å²) in [5.41, 5.74) is 5.40. The highest BCUT2D eigenvalue weighted by Crippen LogP contribution is 1.98. The third kappa shape index (κ3) is 5.64. The third-order valence-electron chi connectivity index (χ3n) is 2.32. The van der Waals surface area contributed by atoms with E-state index in [4.69, 9.17) is 5.73 Å². The Balaban J connectivity index is 0. The molecule has 0 aliphatic carbocycles. The fraction of sp³-hybridized carbons (Fsp3) is 0.875. The molecule has 0 spiro atoms. The Kier molecular flexibility index (Phi) is 7.94. The number of carbonyl (C=O) groups excluding carboxylic acids is 1. The average Bonchev–Trinajstić information content (AvgIpc) is 2.13. The molecule has 98 valence electrons. The Morgan fingerprint density at radius 2 is 1.81 bits per heavy atom. The predicted molar refractivity (Wildman–Crippen MR) is 66.0 cm³/mol. The molecule has 8 heteroatoms. The zero-order chi connectivity index (χ0) is 12.2. The van der Waals surface area contributed by atoms with E-state index in [2.05, 4.69) is 0 Å². The van der Waals surface area contributed by atoms with Gasteiger partial charge in [-0.2, -0.15) is 4.31 Å². The smallest absolute Gasteiger partial charge is 0.237 e. The van der Waals surface area contributed by atoms with Crippen molar-refractivity contribution in [2.45, 2.75) is 13.0 Å². The Morgan fingerprint density at radius 3 is 2.12 bits per heavy atom. The second-order valence-electron chi connectivity index (χ2n) is 3.61. The van der Waals surface area contributed by atoms with Crippen LogP contribution in [-0.4, -0.2) is 63.0 Å². The van der Waals surface area contributed by atoms with E-state index < -0.39 is 10.0 Å². The lowest BCUT2D eigenvalue weighted by Crippen LogP contribution is -2.45. The van der Waals surface area contributed by atoms with Crippen molar-refractivity contribution in [2.24, 2.45) is 5.73 Å². The molecule has 0 fully saturated rings. The number of hydrogen-bond donors (Lipinski definition) is 1. The molecule has 0 rings (SSSR count). The van der Waals surface area contributed by atoms with Crippen molar-refractivity contribution >= 4 is 28.3 Å². The third-order valence-corrected chi connectivity index (χ3v) is 3.58. The van der Waals surface area contributed by atoms with Crippen molar-refractivity contribution in [3.8, 4) is 0 Å². The van der Waals surface area contributed by atoms with Crippen molar-refractivity contribution in [1.82, 2.24) is 9.21 Å². The number of sulfonamides is 1. The van der Waals surface area contributed by atoms with E-state index in [-0.39, 0.29) is 30.9 Å². The first-order chi connectivity index (χ1) is 6.70. The molecule has 0 heterocycles. The van der Waals surface area contributed by atoms with Crippen molar-refractivity contribution in [1.29, 1.82) is 0 Å². The maximum atomic E-state index is 11.6. The molecule has 0 aliphatic heterocycles. The highest BCUT2D eigenvalue weighted by Gasteiger charge is 2.20. The van der Waals surface area contributed by atoms with E-state index in [0.29, 0.717) is 6.54 Å². The standard InChI is InChI=1S/C8H19N3O3S.ClH/c1-7(5-9)11(3)8(12)6-10(2)15(4,13)14;/h7H,5-6,9H2,1-4H3;1H. The van der Waals surface area contributed by atoms with Crippen molar-refractivity contribution in [3.63, 3.8) is 0 Å². The van der Waals surface area contributed by atoms with Gasteiger partial charge in [0.25, 0.3) is 0 Å². The molecule has 0 aromatic carbocycles. The Labute approximate surface area is 103 Å². The van der Waals surface area contributed by atoms with Crippen molar-refractivity contribution < 1.29 is 13.2 Å². The number of likely N-dealkylation sites (N-methyl/N-ethyl adjacent to an activating group) is 2. The second-order valence-corrected chi connectivity index (χ2v) is 5.70. The van der Waals surface area contributed by atoms with Crippen LogP contribution in [0.1, 0.15) is 6.92 Å². The molecule has 0 aliphatic rings. The summed E-state index contributed by atoms with van der Waals surface area (Å²) in [7, 11) is -0.333. The molecule has 0 bridgehead atoms. The summed E-state index contributed by atoms with van der Waals surface area (Å²) in [6, 6.07) is -0.0922. The molecule has 1 unspecified atom stereocenters. The molecule has 0 saturated heterocycles. The van der Waals surface area contributed by atoms with Gasteiger partial charge in [-0.15, -0.1) is 12.4 Å². The van der Waals surface area contributed by atoms with E-state index in [1.54, 1.807) is 14.0 Å². The number of halogens is 1. The largest absolute Gasteiger partial charge is 0.341 e. The molecule has 0 radical (unpaired) electrons. The number of nitrogens with two attached hydrogens (primary N) is 1. The van der Waals surface area contributed by atoms with Crippen LogP contribution in [0.2, 0.25) is 0 Å². The molecule has 2 N–H and O–H groups in total. The molecule has 1 amide bonds. The van der Waals surface area contributed by atoms with E-state index in [0.717, 1.165) is 10.6 Å². The van der Waals surface area contributed by atoms with Gasteiger partial charge in [0.2, 0.25) is 15.9 Å². The van der Waals surface area contributed by atoms with Crippen molar-refractivity contribution in [3.05, 3.63) is 0 Å². The lowest BCUT2D eigenvalue weighted by Gasteiger charge is -2.25. The fourth-order valence-electron chi connectivity index (χ4n) is 0.823. The summed E-state index contributed by atoms with van der Waals surface area (Å²) in [6.45, 7) is 2.00. The van der Waals surface area contributed by atoms with Gasteiger partial charge in [0.15, 0.2) is 0 Å². The zero-order valence-corrected chi connectivity index (χ0v) is 11.6. The van der Waals surface area contributed by atoms with Gasteiger partial charge in [0.05, 0.1) is 12.8 Å².